The molecular formula is C9H16NS. The summed E-state index contributed by atoms with van der Waals surface area (Å²) in [5, 5.41) is 1.34. The van der Waals surface area contributed by atoms with Crippen molar-refractivity contribution in [2.45, 2.75) is 33.1 Å². The standard InChI is InChI=1S/C9H16NS/c1-3-8(2)4-5-9-10-6-7-11-9/h6,8H,3-5,7H2,1-2H3. The quantitative estimate of drug-likeness (QED) is 0.631. The van der Waals surface area contributed by atoms with Gasteiger partial charge < -0.3 is 0 Å². The highest BCUT2D eigenvalue weighted by molar-refractivity contribution is 8.14. The van der Waals surface area contributed by atoms with Gasteiger partial charge in [0.05, 0.1) is 11.6 Å². The second-order valence-electron chi connectivity index (χ2n) is 3.07. The third kappa shape index (κ3) is 3.28. The van der Waals surface area contributed by atoms with Crippen LogP contribution in [0, 0.1) is 12.5 Å². The highest BCUT2D eigenvalue weighted by Gasteiger charge is 2.08. The molecule has 1 aliphatic rings. The minimum Gasteiger partial charge on any atom is -0.276 e. The van der Waals surface area contributed by atoms with Crippen LogP contribution in [0.15, 0.2) is 4.99 Å². The third-order valence-electron chi connectivity index (χ3n) is 2.11. The van der Waals surface area contributed by atoms with Crippen molar-refractivity contribution in [2.24, 2.45) is 10.9 Å². The van der Waals surface area contributed by atoms with E-state index in [1.54, 1.807) is 0 Å². The minimum atomic E-state index is 0.860. The van der Waals surface area contributed by atoms with Crippen molar-refractivity contribution in [1.82, 2.24) is 0 Å². The molecule has 1 aliphatic heterocycles. The predicted octanol–water partition coefficient (Wildman–Crippen LogP) is 3.12. The van der Waals surface area contributed by atoms with Gasteiger partial charge in [0.25, 0.3) is 0 Å². The van der Waals surface area contributed by atoms with Gasteiger partial charge in [-0.3, -0.25) is 4.99 Å². The molecular weight excluding hydrogens is 154 g/mol. The van der Waals surface area contributed by atoms with Crippen molar-refractivity contribution in [1.29, 1.82) is 0 Å². The Balaban J connectivity index is 2.11. The predicted molar refractivity (Wildman–Crippen MR) is 52.9 cm³/mol. The van der Waals surface area contributed by atoms with E-state index in [1.807, 2.05) is 18.3 Å². The Bertz CT molecular complexity index is 142. The molecule has 1 nitrogen and oxygen atoms in total. The van der Waals surface area contributed by atoms with Crippen LogP contribution in [0.25, 0.3) is 0 Å². The molecule has 0 aromatic carbocycles. The van der Waals surface area contributed by atoms with E-state index in [2.05, 4.69) is 18.8 Å². The van der Waals surface area contributed by atoms with Crippen molar-refractivity contribution in [3.05, 3.63) is 6.54 Å². The number of hydrogen-bond acceptors (Lipinski definition) is 2. The molecule has 1 rings (SSSR count). The van der Waals surface area contributed by atoms with Crippen LogP contribution < -0.4 is 0 Å². The summed E-state index contributed by atoms with van der Waals surface area (Å²) in [5.74, 6) is 1.95. The fourth-order valence-corrected chi connectivity index (χ4v) is 1.77. The van der Waals surface area contributed by atoms with Crippen LogP contribution in [0.4, 0.5) is 0 Å². The Morgan fingerprint density at radius 3 is 3.09 bits per heavy atom. The zero-order chi connectivity index (χ0) is 8.10. The van der Waals surface area contributed by atoms with Crippen LogP contribution in [-0.2, 0) is 0 Å². The van der Waals surface area contributed by atoms with Crippen molar-refractivity contribution in [2.75, 3.05) is 5.75 Å². The molecule has 1 atom stereocenters. The molecule has 63 valence electrons. The SMILES string of the molecule is CCC(C)CCC1=N[CH]CS1. The lowest BCUT2D eigenvalue weighted by atomic mass is 10.0. The molecule has 1 heterocycles. The summed E-state index contributed by atoms with van der Waals surface area (Å²) in [6.45, 7) is 6.57. The van der Waals surface area contributed by atoms with Crippen molar-refractivity contribution < 1.29 is 0 Å². The van der Waals surface area contributed by atoms with Crippen LogP contribution in [0.5, 0.6) is 0 Å². The molecule has 11 heavy (non-hydrogen) atoms. The summed E-state index contributed by atoms with van der Waals surface area (Å²) in [4.78, 5) is 4.30. The lowest BCUT2D eigenvalue weighted by Crippen LogP contribution is -1.96. The van der Waals surface area contributed by atoms with Crippen molar-refractivity contribution in [3.8, 4) is 0 Å². The van der Waals surface area contributed by atoms with E-state index in [1.165, 1.54) is 24.3 Å². The molecule has 0 aromatic rings. The molecule has 0 saturated heterocycles. The van der Waals surface area contributed by atoms with Gasteiger partial charge in [-0.1, -0.05) is 20.3 Å². The van der Waals surface area contributed by atoms with Gasteiger partial charge in [-0.05, 0) is 18.8 Å². The van der Waals surface area contributed by atoms with Crippen LogP contribution in [0.3, 0.4) is 0 Å². The van der Waals surface area contributed by atoms with Crippen molar-refractivity contribution >= 4 is 16.8 Å². The smallest absolute Gasteiger partial charge is 0.0835 e. The van der Waals surface area contributed by atoms with E-state index in [-0.39, 0.29) is 0 Å². The summed E-state index contributed by atoms with van der Waals surface area (Å²) in [5.41, 5.74) is 0. The third-order valence-corrected chi connectivity index (χ3v) is 3.07. The zero-order valence-electron chi connectivity index (χ0n) is 7.34. The van der Waals surface area contributed by atoms with E-state index in [0.717, 1.165) is 11.7 Å². The average Bonchev–Trinajstić information content (AvgIpc) is 2.52. The van der Waals surface area contributed by atoms with E-state index >= 15 is 0 Å². The van der Waals surface area contributed by atoms with Crippen molar-refractivity contribution in [3.63, 3.8) is 0 Å². The summed E-state index contributed by atoms with van der Waals surface area (Å²) in [7, 11) is 0. The molecule has 0 bridgehead atoms. The first kappa shape index (κ1) is 9.11. The van der Waals surface area contributed by atoms with Gasteiger partial charge in [-0.15, -0.1) is 11.8 Å². The number of hydrogen-bond donors (Lipinski definition) is 0. The van der Waals surface area contributed by atoms with Crippen LogP contribution in [0.1, 0.15) is 33.1 Å². The highest BCUT2D eigenvalue weighted by atomic mass is 32.2. The Kier molecular flexibility index (Phi) is 3.98. The number of rotatable bonds is 4. The summed E-state index contributed by atoms with van der Waals surface area (Å²) >= 11 is 1.89. The summed E-state index contributed by atoms with van der Waals surface area (Å²) in [6.07, 6.45) is 3.79. The van der Waals surface area contributed by atoms with Gasteiger partial charge in [-0.2, -0.15) is 0 Å². The number of aliphatic imine (C=N–C) groups is 1. The zero-order valence-corrected chi connectivity index (χ0v) is 8.16. The van der Waals surface area contributed by atoms with Crippen LogP contribution in [0.2, 0.25) is 0 Å². The minimum absolute atomic E-state index is 0.860. The molecule has 1 radical (unpaired) electrons. The summed E-state index contributed by atoms with van der Waals surface area (Å²) in [6, 6.07) is 0. The fourth-order valence-electron chi connectivity index (χ4n) is 1.02. The van der Waals surface area contributed by atoms with Gasteiger partial charge in [0.15, 0.2) is 0 Å². The maximum Gasteiger partial charge on any atom is 0.0835 e. The number of nitrogens with zero attached hydrogens (tertiary/aromatic N) is 1. The largest absolute Gasteiger partial charge is 0.276 e. The molecule has 1 unspecified atom stereocenters. The van der Waals surface area contributed by atoms with Gasteiger partial charge in [0.2, 0.25) is 0 Å². The highest BCUT2D eigenvalue weighted by Crippen LogP contribution is 2.21. The Labute approximate surface area is 73.7 Å². The Morgan fingerprint density at radius 2 is 2.55 bits per heavy atom. The van der Waals surface area contributed by atoms with E-state index < -0.39 is 0 Å². The lowest BCUT2D eigenvalue weighted by molar-refractivity contribution is 0.529. The molecule has 2 heteroatoms. The van der Waals surface area contributed by atoms with Crippen LogP contribution >= 0.6 is 11.8 Å². The molecule has 0 spiro atoms. The molecule has 0 aromatic heterocycles. The molecule has 0 amide bonds. The monoisotopic (exact) mass is 170 g/mol. The molecule has 0 fully saturated rings. The topological polar surface area (TPSA) is 12.4 Å². The Hall–Kier alpha value is 0.0200. The average molecular weight is 170 g/mol. The second kappa shape index (κ2) is 4.81. The maximum atomic E-state index is 4.30. The first-order chi connectivity index (χ1) is 5.33. The fraction of sp³-hybridized carbons (Fsp3) is 0.778. The van der Waals surface area contributed by atoms with Gasteiger partial charge in [-0.25, -0.2) is 0 Å². The summed E-state index contributed by atoms with van der Waals surface area (Å²) < 4.78 is 0. The van der Waals surface area contributed by atoms with E-state index in [4.69, 9.17) is 0 Å². The maximum absolute atomic E-state index is 4.30. The van der Waals surface area contributed by atoms with E-state index in [0.29, 0.717) is 0 Å². The van der Waals surface area contributed by atoms with Gasteiger partial charge in [0.1, 0.15) is 0 Å². The van der Waals surface area contributed by atoms with Crippen LogP contribution in [-0.4, -0.2) is 10.8 Å². The first-order valence-corrected chi connectivity index (χ1v) is 5.32. The number of thioether (sulfide) groups is 1. The second-order valence-corrected chi connectivity index (χ2v) is 4.16. The molecule has 0 N–H and O–H groups in total. The molecule has 0 saturated carbocycles. The first-order valence-electron chi connectivity index (χ1n) is 4.34. The Morgan fingerprint density at radius 1 is 1.73 bits per heavy atom. The van der Waals surface area contributed by atoms with Gasteiger partial charge in [0, 0.05) is 5.75 Å². The molecule has 0 aliphatic carbocycles. The lowest BCUT2D eigenvalue weighted by Gasteiger charge is -2.06. The normalized spacial score (nSPS) is 20.0. The van der Waals surface area contributed by atoms with Gasteiger partial charge >= 0.3 is 0 Å². The van der Waals surface area contributed by atoms with E-state index in [9.17, 15) is 0 Å².